The Kier molecular flexibility index (Phi) is 6.83. The van der Waals surface area contributed by atoms with Crippen LogP contribution in [0.3, 0.4) is 0 Å². The Bertz CT molecular complexity index is 521. The van der Waals surface area contributed by atoms with Gasteiger partial charge in [0.25, 0.3) is 0 Å². The molecule has 1 rings (SSSR count). The van der Waals surface area contributed by atoms with Gasteiger partial charge in [-0.2, -0.15) is 9.40 Å². The van der Waals surface area contributed by atoms with Crippen molar-refractivity contribution in [1.82, 2.24) is 19.4 Å². The third kappa shape index (κ3) is 4.79. The first-order valence-corrected chi connectivity index (χ1v) is 8.99. The van der Waals surface area contributed by atoms with Gasteiger partial charge in [-0.15, -0.1) is 0 Å². The van der Waals surface area contributed by atoms with Gasteiger partial charge in [-0.1, -0.05) is 27.7 Å². The molecule has 0 saturated heterocycles. The first-order valence-electron chi connectivity index (χ1n) is 7.55. The van der Waals surface area contributed by atoms with E-state index in [1.165, 1.54) is 6.20 Å². The zero-order valence-corrected chi connectivity index (χ0v) is 14.6. The number of likely N-dealkylation sites (N-methyl/N-ethyl adjacent to an activating group) is 1. The maximum atomic E-state index is 12.8. The van der Waals surface area contributed by atoms with E-state index in [1.807, 2.05) is 13.8 Å². The van der Waals surface area contributed by atoms with Crippen molar-refractivity contribution in [3.63, 3.8) is 0 Å². The lowest BCUT2D eigenvalue weighted by atomic mass is 10.2. The molecule has 0 unspecified atom stereocenters. The van der Waals surface area contributed by atoms with Gasteiger partial charge in [0.2, 0.25) is 10.0 Å². The molecule has 0 aromatic carbocycles. The predicted molar refractivity (Wildman–Crippen MR) is 84.7 cm³/mol. The Balaban J connectivity index is 2.94. The Labute approximate surface area is 128 Å². The third-order valence-corrected chi connectivity index (χ3v) is 5.51. The highest BCUT2D eigenvalue weighted by Crippen LogP contribution is 2.18. The van der Waals surface area contributed by atoms with Gasteiger partial charge in [-0.25, -0.2) is 8.42 Å². The Morgan fingerprint density at radius 2 is 1.86 bits per heavy atom. The maximum Gasteiger partial charge on any atom is 0.246 e. The molecule has 1 N–H and O–H groups in total. The highest BCUT2D eigenvalue weighted by molar-refractivity contribution is 7.89. The van der Waals surface area contributed by atoms with Crippen molar-refractivity contribution in [2.75, 3.05) is 32.7 Å². The van der Waals surface area contributed by atoms with Crippen LogP contribution >= 0.6 is 0 Å². The van der Waals surface area contributed by atoms with Crippen LogP contribution in [0.25, 0.3) is 0 Å². The van der Waals surface area contributed by atoms with Gasteiger partial charge in [0, 0.05) is 19.6 Å². The standard InChI is InChI=1S/C14H28N4O2S/c1-6-17(7-2)8-9-18(11-12(3)4)21(19,20)14-10-15-16-13(14)5/h10,12H,6-9,11H2,1-5H3,(H,15,16). The number of rotatable bonds is 9. The normalized spacial score (nSPS) is 12.8. The summed E-state index contributed by atoms with van der Waals surface area (Å²) in [6, 6.07) is 0. The minimum atomic E-state index is -3.48. The molecule has 1 aromatic rings. The van der Waals surface area contributed by atoms with Crippen LogP contribution < -0.4 is 0 Å². The molecule has 0 fully saturated rings. The fraction of sp³-hybridized carbons (Fsp3) is 0.786. The molecule has 1 heterocycles. The molecule has 0 aliphatic carbocycles. The van der Waals surface area contributed by atoms with Crippen LogP contribution in [-0.2, 0) is 10.0 Å². The highest BCUT2D eigenvalue weighted by atomic mass is 32.2. The second-order valence-corrected chi connectivity index (χ2v) is 7.55. The van der Waals surface area contributed by atoms with Gasteiger partial charge in [-0.05, 0) is 25.9 Å². The number of nitrogens with zero attached hydrogens (tertiary/aromatic N) is 3. The van der Waals surface area contributed by atoms with Gasteiger partial charge in [-0.3, -0.25) is 5.10 Å². The van der Waals surface area contributed by atoms with Crippen LogP contribution in [-0.4, -0.2) is 60.5 Å². The molecule has 1 aromatic heterocycles. The molecule has 0 atom stereocenters. The lowest BCUT2D eigenvalue weighted by molar-refractivity contribution is 0.262. The van der Waals surface area contributed by atoms with Crippen LogP contribution in [0.5, 0.6) is 0 Å². The molecule has 0 radical (unpaired) electrons. The van der Waals surface area contributed by atoms with Crippen molar-refractivity contribution in [3.8, 4) is 0 Å². The molecular formula is C14H28N4O2S. The number of hydrogen-bond acceptors (Lipinski definition) is 4. The lowest BCUT2D eigenvalue weighted by Gasteiger charge is -2.27. The summed E-state index contributed by atoms with van der Waals surface area (Å²) in [5, 5.41) is 6.54. The number of H-pyrrole nitrogens is 1. The zero-order chi connectivity index (χ0) is 16.0. The number of aryl methyl sites for hydroxylation is 1. The molecule has 0 spiro atoms. The van der Waals surface area contributed by atoms with Crippen molar-refractivity contribution in [3.05, 3.63) is 11.9 Å². The summed E-state index contributed by atoms with van der Waals surface area (Å²) >= 11 is 0. The number of hydrogen-bond donors (Lipinski definition) is 1. The summed E-state index contributed by atoms with van der Waals surface area (Å²) in [5.41, 5.74) is 0.589. The number of aromatic amines is 1. The van der Waals surface area contributed by atoms with Gasteiger partial charge in [0.1, 0.15) is 4.90 Å². The number of sulfonamides is 1. The molecular weight excluding hydrogens is 288 g/mol. The first kappa shape index (κ1) is 18.1. The van der Waals surface area contributed by atoms with Gasteiger partial charge < -0.3 is 4.90 Å². The first-order chi connectivity index (χ1) is 9.82. The van der Waals surface area contributed by atoms with Crippen LogP contribution in [0.2, 0.25) is 0 Å². The van der Waals surface area contributed by atoms with Crippen LogP contribution in [0.15, 0.2) is 11.1 Å². The van der Waals surface area contributed by atoms with E-state index < -0.39 is 10.0 Å². The van der Waals surface area contributed by atoms with Crippen molar-refractivity contribution >= 4 is 10.0 Å². The molecule has 21 heavy (non-hydrogen) atoms. The molecule has 122 valence electrons. The van der Waals surface area contributed by atoms with E-state index in [2.05, 4.69) is 28.9 Å². The van der Waals surface area contributed by atoms with E-state index in [1.54, 1.807) is 11.2 Å². The SMILES string of the molecule is CCN(CC)CCN(CC(C)C)S(=O)(=O)c1cn[nH]c1C. The van der Waals surface area contributed by atoms with Crippen LogP contribution in [0.4, 0.5) is 0 Å². The average Bonchev–Trinajstić information content (AvgIpc) is 2.85. The van der Waals surface area contributed by atoms with E-state index in [0.717, 1.165) is 19.6 Å². The van der Waals surface area contributed by atoms with Gasteiger partial charge in [0.05, 0.1) is 11.9 Å². The van der Waals surface area contributed by atoms with Gasteiger partial charge >= 0.3 is 0 Å². The minimum absolute atomic E-state index is 0.280. The van der Waals surface area contributed by atoms with Crippen molar-refractivity contribution in [2.24, 2.45) is 5.92 Å². The molecule has 0 aliphatic rings. The fourth-order valence-corrected chi connectivity index (χ4v) is 3.96. The van der Waals surface area contributed by atoms with Crippen LogP contribution in [0.1, 0.15) is 33.4 Å². The monoisotopic (exact) mass is 316 g/mol. The van der Waals surface area contributed by atoms with Crippen molar-refractivity contribution in [1.29, 1.82) is 0 Å². The maximum absolute atomic E-state index is 12.8. The summed E-state index contributed by atoms with van der Waals surface area (Å²) in [6.45, 7) is 13.6. The summed E-state index contributed by atoms with van der Waals surface area (Å²) in [6.07, 6.45) is 1.40. The Hall–Kier alpha value is -0.920. The van der Waals surface area contributed by atoms with E-state index in [4.69, 9.17) is 0 Å². The topological polar surface area (TPSA) is 69.3 Å². The smallest absolute Gasteiger partial charge is 0.246 e. The predicted octanol–water partition coefficient (Wildman–Crippen LogP) is 1.71. The Morgan fingerprint density at radius 1 is 1.24 bits per heavy atom. The van der Waals surface area contributed by atoms with Crippen LogP contribution in [0, 0.1) is 12.8 Å². The third-order valence-electron chi connectivity index (χ3n) is 3.53. The number of nitrogens with one attached hydrogen (secondary N) is 1. The number of aromatic nitrogens is 2. The van der Waals surface area contributed by atoms with Gasteiger partial charge in [0.15, 0.2) is 0 Å². The molecule has 0 saturated carbocycles. The summed E-state index contributed by atoms with van der Waals surface area (Å²) in [5.74, 6) is 0.281. The fourth-order valence-electron chi connectivity index (χ4n) is 2.25. The molecule has 0 bridgehead atoms. The second-order valence-electron chi connectivity index (χ2n) is 5.64. The molecule has 6 nitrogen and oxygen atoms in total. The summed E-state index contributed by atoms with van der Waals surface area (Å²) in [7, 11) is -3.48. The van der Waals surface area contributed by atoms with E-state index >= 15 is 0 Å². The molecule has 0 amide bonds. The minimum Gasteiger partial charge on any atom is -0.303 e. The largest absolute Gasteiger partial charge is 0.303 e. The van der Waals surface area contributed by atoms with Crippen molar-refractivity contribution in [2.45, 2.75) is 39.5 Å². The highest BCUT2D eigenvalue weighted by Gasteiger charge is 2.27. The lowest BCUT2D eigenvalue weighted by Crippen LogP contribution is -2.40. The Morgan fingerprint density at radius 3 is 2.29 bits per heavy atom. The van der Waals surface area contributed by atoms with Crippen molar-refractivity contribution < 1.29 is 8.42 Å². The quantitative estimate of drug-likeness (QED) is 0.753. The molecule has 0 aliphatic heterocycles. The zero-order valence-electron chi connectivity index (χ0n) is 13.8. The molecule has 7 heteroatoms. The van der Waals surface area contributed by atoms with E-state index in [-0.39, 0.29) is 10.8 Å². The van der Waals surface area contributed by atoms with E-state index in [0.29, 0.717) is 18.8 Å². The second kappa shape index (κ2) is 7.91. The summed E-state index contributed by atoms with van der Waals surface area (Å²) < 4.78 is 27.1. The van der Waals surface area contributed by atoms with E-state index in [9.17, 15) is 8.42 Å². The summed E-state index contributed by atoms with van der Waals surface area (Å²) in [4.78, 5) is 2.51. The average molecular weight is 316 g/mol.